The van der Waals surface area contributed by atoms with Crippen LogP contribution in [0.3, 0.4) is 0 Å². The monoisotopic (exact) mass is 334 g/mol. The summed E-state index contributed by atoms with van der Waals surface area (Å²) in [7, 11) is 0. The molecule has 0 saturated heterocycles. The zero-order valence-electron chi connectivity index (χ0n) is 12.3. The third kappa shape index (κ3) is 3.13. The molecule has 0 atom stereocenters. The first-order chi connectivity index (χ1) is 10.6. The summed E-state index contributed by atoms with van der Waals surface area (Å²) >= 11 is 7.63. The minimum atomic E-state index is 0.446. The Labute approximate surface area is 137 Å². The van der Waals surface area contributed by atoms with E-state index in [0.717, 1.165) is 21.9 Å². The smallest absolute Gasteiger partial charge is 0.232 e. The van der Waals surface area contributed by atoms with Crippen LogP contribution in [0.5, 0.6) is 5.88 Å². The van der Waals surface area contributed by atoms with Gasteiger partial charge in [0.15, 0.2) is 0 Å². The SMILES string of the molecule is Cc1nc(NCCOc2ncccc2Cl)c2c(C)csc2n1. The van der Waals surface area contributed by atoms with E-state index >= 15 is 0 Å². The number of thiophene rings is 1. The third-order valence-corrected chi connectivity index (χ3v) is 4.37. The number of halogens is 1. The highest BCUT2D eigenvalue weighted by molar-refractivity contribution is 7.17. The standard InChI is InChI=1S/C15H15ClN4OS/c1-9-8-22-15-12(9)13(19-10(2)20-15)17-6-7-21-14-11(16)4-3-5-18-14/h3-5,8H,6-7H2,1-2H3,(H,17,19,20). The van der Waals surface area contributed by atoms with Crippen molar-refractivity contribution in [3.63, 3.8) is 0 Å². The molecule has 0 saturated carbocycles. The first-order valence-corrected chi connectivity index (χ1v) is 8.10. The van der Waals surface area contributed by atoms with Gasteiger partial charge in [-0.05, 0) is 36.9 Å². The van der Waals surface area contributed by atoms with Crippen molar-refractivity contribution in [2.45, 2.75) is 13.8 Å². The van der Waals surface area contributed by atoms with Crippen LogP contribution in [0.1, 0.15) is 11.4 Å². The molecule has 0 aliphatic carbocycles. The molecule has 0 unspecified atom stereocenters. The van der Waals surface area contributed by atoms with E-state index in [2.05, 4.69) is 32.6 Å². The van der Waals surface area contributed by atoms with Gasteiger partial charge < -0.3 is 10.1 Å². The Balaban J connectivity index is 1.67. The van der Waals surface area contributed by atoms with Crippen LogP contribution in [0.2, 0.25) is 5.02 Å². The number of ether oxygens (including phenoxy) is 1. The van der Waals surface area contributed by atoms with E-state index in [1.807, 2.05) is 6.92 Å². The van der Waals surface area contributed by atoms with Gasteiger partial charge in [-0.25, -0.2) is 15.0 Å². The Morgan fingerprint density at radius 2 is 2.18 bits per heavy atom. The molecule has 0 fully saturated rings. The van der Waals surface area contributed by atoms with Crippen LogP contribution in [0.4, 0.5) is 5.82 Å². The minimum absolute atomic E-state index is 0.446. The Morgan fingerprint density at radius 1 is 1.32 bits per heavy atom. The number of aromatic nitrogens is 3. The second kappa shape index (κ2) is 6.46. The van der Waals surface area contributed by atoms with Crippen molar-refractivity contribution in [1.29, 1.82) is 0 Å². The number of rotatable bonds is 5. The number of nitrogens with one attached hydrogen (secondary N) is 1. The van der Waals surface area contributed by atoms with Crippen molar-refractivity contribution in [3.8, 4) is 5.88 Å². The van der Waals surface area contributed by atoms with Crippen LogP contribution < -0.4 is 10.1 Å². The number of nitrogens with zero attached hydrogens (tertiary/aromatic N) is 3. The highest BCUT2D eigenvalue weighted by Gasteiger charge is 2.10. The van der Waals surface area contributed by atoms with Gasteiger partial charge in [0, 0.05) is 6.20 Å². The molecule has 1 N–H and O–H groups in total. The molecule has 0 amide bonds. The molecule has 0 aromatic carbocycles. The molecule has 3 heterocycles. The van der Waals surface area contributed by atoms with E-state index in [9.17, 15) is 0 Å². The lowest BCUT2D eigenvalue weighted by Crippen LogP contribution is -2.13. The molecule has 114 valence electrons. The fourth-order valence-corrected chi connectivity index (χ4v) is 3.26. The fraction of sp³-hybridized carbons (Fsp3) is 0.267. The fourth-order valence-electron chi connectivity index (χ4n) is 2.11. The molecular formula is C15H15ClN4OS. The highest BCUT2D eigenvalue weighted by atomic mass is 35.5. The maximum atomic E-state index is 6.00. The Hall–Kier alpha value is -1.92. The lowest BCUT2D eigenvalue weighted by Gasteiger charge is -2.10. The molecule has 3 aromatic heterocycles. The van der Waals surface area contributed by atoms with Crippen LogP contribution in [-0.2, 0) is 0 Å². The zero-order valence-corrected chi connectivity index (χ0v) is 13.8. The average molecular weight is 335 g/mol. The average Bonchev–Trinajstić information content (AvgIpc) is 2.86. The van der Waals surface area contributed by atoms with Gasteiger partial charge in [0.25, 0.3) is 0 Å². The summed E-state index contributed by atoms with van der Waals surface area (Å²) in [5.74, 6) is 2.05. The van der Waals surface area contributed by atoms with Crippen molar-refractivity contribution in [2.24, 2.45) is 0 Å². The lowest BCUT2D eigenvalue weighted by molar-refractivity contribution is 0.320. The molecule has 0 bridgehead atoms. The van der Waals surface area contributed by atoms with Gasteiger partial charge in [0.05, 0.1) is 11.9 Å². The van der Waals surface area contributed by atoms with Crippen LogP contribution >= 0.6 is 22.9 Å². The van der Waals surface area contributed by atoms with Gasteiger partial charge in [0.1, 0.15) is 28.1 Å². The highest BCUT2D eigenvalue weighted by Crippen LogP contribution is 2.29. The van der Waals surface area contributed by atoms with E-state index in [-0.39, 0.29) is 0 Å². The van der Waals surface area contributed by atoms with Crippen molar-refractivity contribution in [2.75, 3.05) is 18.5 Å². The van der Waals surface area contributed by atoms with Crippen LogP contribution in [-0.4, -0.2) is 28.1 Å². The molecule has 5 nitrogen and oxygen atoms in total. The maximum Gasteiger partial charge on any atom is 0.232 e. The maximum absolute atomic E-state index is 6.00. The normalized spacial score (nSPS) is 10.9. The van der Waals surface area contributed by atoms with Gasteiger partial charge >= 0.3 is 0 Å². The van der Waals surface area contributed by atoms with Crippen molar-refractivity contribution < 1.29 is 4.74 Å². The molecule has 22 heavy (non-hydrogen) atoms. The van der Waals surface area contributed by atoms with Gasteiger partial charge in [-0.2, -0.15) is 0 Å². The Morgan fingerprint density at radius 3 is 3.00 bits per heavy atom. The number of hydrogen-bond donors (Lipinski definition) is 1. The summed E-state index contributed by atoms with van der Waals surface area (Å²) < 4.78 is 5.57. The second-order valence-corrected chi connectivity index (χ2v) is 6.05. The molecule has 7 heteroatoms. The molecule has 0 radical (unpaired) electrons. The zero-order chi connectivity index (χ0) is 15.5. The van der Waals surface area contributed by atoms with Gasteiger partial charge in [-0.3, -0.25) is 0 Å². The van der Waals surface area contributed by atoms with E-state index in [0.29, 0.717) is 24.1 Å². The predicted molar refractivity (Wildman–Crippen MR) is 90.1 cm³/mol. The molecule has 3 rings (SSSR count). The summed E-state index contributed by atoms with van der Waals surface area (Å²) in [5.41, 5.74) is 1.18. The Bertz CT molecular complexity index is 805. The van der Waals surface area contributed by atoms with Crippen LogP contribution in [0.15, 0.2) is 23.7 Å². The summed E-state index contributed by atoms with van der Waals surface area (Å²) in [6, 6.07) is 3.52. The third-order valence-electron chi connectivity index (χ3n) is 3.09. The van der Waals surface area contributed by atoms with Gasteiger partial charge in [-0.1, -0.05) is 11.6 Å². The quantitative estimate of drug-likeness (QED) is 0.718. The van der Waals surface area contributed by atoms with E-state index in [1.54, 1.807) is 29.7 Å². The van der Waals surface area contributed by atoms with Gasteiger partial charge in [-0.15, -0.1) is 11.3 Å². The van der Waals surface area contributed by atoms with Crippen LogP contribution in [0.25, 0.3) is 10.2 Å². The van der Waals surface area contributed by atoms with Gasteiger partial charge in [0.2, 0.25) is 5.88 Å². The number of fused-ring (bicyclic) bond motifs is 1. The number of aryl methyl sites for hydroxylation is 2. The summed E-state index contributed by atoms with van der Waals surface area (Å²) in [4.78, 5) is 14.0. The Kier molecular flexibility index (Phi) is 4.40. The van der Waals surface area contributed by atoms with E-state index in [1.165, 1.54) is 5.56 Å². The van der Waals surface area contributed by atoms with Crippen molar-refractivity contribution >= 4 is 39.0 Å². The molecular weight excluding hydrogens is 320 g/mol. The minimum Gasteiger partial charge on any atom is -0.475 e. The van der Waals surface area contributed by atoms with E-state index in [4.69, 9.17) is 16.3 Å². The molecule has 3 aromatic rings. The molecule has 0 aliphatic rings. The molecule has 0 aliphatic heterocycles. The first kappa shape index (κ1) is 15.0. The van der Waals surface area contributed by atoms with Crippen LogP contribution in [0, 0.1) is 13.8 Å². The van der Waals surface area contributed by atoms with Crippen molar-refractivity contribution in [3.05, 3.63) is 40.1 Å². The summed E-state index contributed by atoms with van der Waals surface area (Å²) in [6.45, 7) is 5.01. The predicted octanol–water partition coefficient (Wildman–Crippen LogP) is 3.85. The summed E-state index contributed by atoms with van der Waals surface area (Å²) in [5, 5.41) is 6.98. The largest absolute Gasteiger partial charge is 0.475 e. The van der Waals surface area contributed by atoms with E-state index < -0.39 is 0 Å². The number of hydrogen-bond acceptors (Lipinski definition) is 6. The number of pyridine rings is 1. The topological polar surface area (TPSA) is 59.9 Å². The first-order valence-electron chi connectivity index (χ1n) is 6.85. The second-order valence-electron chi connectivity index (χ2n) is 4.78. The number of anilines is 1. The molecule has 0 spiro atoms. The lowest BCUT2D eigenvalue weighted by atomic mass is 10.2. The summed E-state index contributed by atoms with van der Waals surface area (Å²) in [6.07, 6.45) is 1.65. The van der Waals surface area contributed by atoms with Crippen molar-refractivity contribution in [1.82, 2.24) is 15.0 Å².